The lowest BCUT2D eigenvalue weighted by atomic mass is 10.2. The Morgan fingerprint density at radius 3 is 2.79 bits per heavy atom. The fourth-order valence-electron chi connectivity index (χ4n) is 1.29. The third-order valence-corrected chi connectivity index (χ3v) is 2.06. The fourth-order valence-corrected chi connectivity index (χ4v) is 1.50. The molecule has 2 rings (SSSR count). The van der Waals surface area contributed by atoms with Crippen LogP contribution in [0, 0.1) is 10.6 Å². The molecule has 1 aromatic heterocycles. The Morgan fingerprint density at radius 1 is 1.43 bits per heavy atom. The molecule has 0 unspecified atom stereocenters. The maximum Gasteiger partial charge on any atom is 0.340 e. The van der Waals surface area contributed by atoms with E-state index in [0.717, 1.165) is 6.07 Å². The standard InChI is InChI=1S/C8H5FN2O2S/c9-3-1-2-4-6(5(3)7(12)13)11-8(14)10-4/h1-2H,(H,12,13)(H2,10,11,14). The number of carbonyl (C=O) groups is 1. The zero-order chi connectivity index (χ0) is 10.3. The molecule has 0 amide bonds. The summed E-state index contributed by atoms with van der Waals surface area (Å²) in [7, 11) is 0. The van der Waals surface area contributed by atoms with E-state index in [9.17, 15) is 9.18 Å². The predicted octanol–water partition coefficient (Wildman–Crippen LogP) is 2.06. The molecule has 14 heavy (non-hydrogen) atoms. The van der Waals surface area contributed by atoms with Crippen molar-refractivity contribution in [3.05, 3.63) is 28.3 Å². The van der Waals surface area contributed by atoms with Gasteiger partial charge in [-0.15, -0.1) is 0 Å². The topological polar surface area (TPSA) is 68.9 Å². The Morgan fingerprint density at radius 2 is 2.14 bits per heavy atom. The first kappa shape index (κ1) is 8.89. The Labute approximate surface area is 82.4 Å². The largest absolute Gasteiger partial charge is 0.478 e. The number of hydrogen-bond donors (Lipinski definition) is 3. The van der Waals surface area contributed by atoms with Crippen LogP contribution in [0.1, 0.15) is 10.4 Å². The van der Waals surface area contributed by atoms with Crippen molar-refractivity contribution in [3.63, 3.8) is 0 Å². The second-order valence-electron chi connectivity index (χ2n) is 2.73. The molecule has 0 spiro atoms. The number of H-pyrrole nitrogens is 2. The normalized spacial score (nSPS) is 10.6. The smallest absolute Gasteiger partial charge is 0.340 e. The van der Waals surface area contributed by atoms with Gasteiger partial charge in [-0.2, -0.15) is 0 Å². The van der Waals surface area contributed by atoms with Crippen molar-refractivity contribution in [2.75, 3.05) is 0 Å². The first-order valence-electron chi connectivity index (χ1n) is 3.73. The number of aromatic nitrogens is 2. The van der Waals surface area contributed by atoms with Gasteiger partial charge in [0.2, 0.25) is 0 Å². The van der Waals surface area contributed by atoms with Crippen molar-refractivity contribution in [1.29, 1.82) is 0 Å². The lowest BCUT2D eigenvalue weighted by molar-refractivity contribution is 0.0694. The summed E-state index contributed by atoms with van der Waals surface area (Å²) in [6, 6.07) is 2.52. The number of halogens is 1. The highest BCUT2D eigenvalue weighted by Crippen LogP contribution is 2.18. The van der Waals surface area contributed by atoms with Crippen LogP contribution in [0.25, 0.3) is 11.0 Å². The maximum atomic E-state index is 13.1. The molecule has 0 aliphatic heterocycles. The van der Waals surface area contributed by atoms with Crippen LogP contribution < -0.4 is 0 Å². The molecule has 1 heterocycles. The van der Waals surface area contributed by atoms with Crippen LogP contribution in [0.15, 0.2) is 12.1 Å². The van der Waals surface area contributed by atoms with Crippen LogP contribution in [0.5, 0.6) is 0 Å². The molecular weight excluding hydrogens is 207 g/mol. The van der Waals surface area contributed by atoms with Crippen LogP contribution in [0.4, 0.5) is 4.39 Å². The zero-order valence-electron chi connectivity index (χ0n) is 6.80. The molecule has 3 N–H and O–H groups in total. The Hall–Kier alpha value is -1.69. The molecule has 1 aromatic carbocycles. The number of aromatic carboxylic acids is 1. The van der Waals surface area contributed by atoms with Crippen LogP contribution in [-0.2, 0) is 0 Å². The molecule has 0 bridgehead atoms. The van der Waals surface area contributed by atoms with Crippen molar-refractivity contribution in [1.82, 2.24) is 9.97 Å². The quantitative estimate of drug-likeness (QED) is 0.634. The number of fused-ring (bicyclic) bond motifs is 1. The Balaban J connectivity index is 2.95. The maximum absolute atomic E-state index is 13.1. The molecule has 0 saturated carbocycles. The molecule has 4 nitrogen and oxygen atoms in total. The average molecular weight is 212 g/mol. The van der Waals surface area contributed by atoms with Crippen molar-refractivity contribution in [3.8, 4) is 0 Å². The van der Waals surface area contributed by atoms with E-state index in [-0.39, 0.29) is 10.3 Å². The predicted molar refractivity (Wildman–Crippen MR) is 50.4 cm³/mol. The number of hydrogen-bond acceptors (Lipinski definition) is 2. The van der Waals surface area contributed by atoms with Gasteiger partial charge in [0, 0.05) is 0 Å². The second kappa shape index (κ2) is 2.91. The average Bonchev–Trinajstić information content (AvgIpc) is 2.43. The van der Waals surface area contributed by atoms with E-state index in [0.29, 0.717) is 5.52 Å². The number of nitrogens with one attached hydrogen (secondary N) is 2. The van der Waals surface area contributed by atoms with Crippen molar-refractivity contribution < 1.29 is 14.3 Å². The van der Waals surface area contributed by atoms with Crippen molar-refractivity contribution in [2.24, 2.45) is 0 Å². The number of aromatic amines is 2. The SMILES string of the molecule is O=C(O)c1c(F)ccc2[nH]c(=S)[nH]c12. The first-order valence-corrected chi connectivity index (χ1v) is 4.14. The fraction of sp³-hybridized carbons (Fsp3) is 0. The summed E-state index contributed by atoms with van der Waals surface area (Å²) in [6.07, 6.45) is 0. The van der Waals surface area contributed by atoms with Crippen molar-refractivity contribution >= 4 is 29.2 Å². The van der Waals surface area contributed by atoms with E-state index in [1.807, 2.05) is 0 Å². The summed E-state index contributed by atoms with van der Waals surface area (Å²) >= 11 is 4.78. The number of carboxylic acid groups (broad SMARTS) is 1. The highest BCUT2D eigenvalue weighted by molar-refractivity contribution is 7.71. The molecule has 0 radical (unpaired) electrons. The van der Waals surface area contributed by atoms with Gasteiger partial charge < -0.3 is 15.1 Å². The number of rotatable bonds is 1. The van der Waals surface area contributed by atoms with Gasteiger partial charge in [0.15, 0.2) is 4.77 Å². The Kier molecular flexibility index (Phi) is 1.85. The summed E-state index contributed by atoms with van der Waals surface area (Å²) < 4.78 is 13.4. The van der Waals surface area contributed by atoms with Gasteiger partial charge in [-0.1, -0.05) is 0 Å². The van der Waals surface area contributed by atoms with Gasteiger partial charge in [-0.3, -0.25) is 0 Å². The monoisotopic (exact) mass is 212 g/mol. The molecule has 0 aliphatic carbocycles. The molecule has 2 aromatic rings. The van der Waals surface area contributed by atoms with Gasteiger partial charge in [0.25, 0.3) is 0 Å². The Bertz CT molecular complexity index is 572. The third-order valence-electron chi connectivity index (χ3n) is 1.86. The molecular formula is C8H5FN2O2S. The third kappa shape index (κ3) is 1.20. The highest BCUT2D eigenvalue weighted by atomic mass is 32.1. The van der Waals surface area contributed by atoms with Gasteiger partial charge in [0.05, 0.1) is 11.0 Å². The van der Waals surface area contributed by atoms with Gasteiger partial charge in [0.1, 0.15) is 11.4 Å². The number of carboxylic acids is 1. The minimum Gasteiger partial charge on any atom is -0.478 e. The summed E-state index contributed by atoms with van der Waals surface area (Å²) in [5.74, 6) is -2.10. The molecule has 0 saturated heterocycles. The lowest BCUT2D eigenvalue weighted by Gasteiger charge is -1.97. The van der Waals surface area contributed by atoms with Gasteiger partial charge >= 0.3 is 5.97 Å². The minimum atomic E-state index is -1.32. The molecule has 0 aliphatic rings. The minimum absolute atomic E-state index is 0.183. The molecule has 72 valence electrons. The molecule has 6 heteroatoms. The van der Waals surface area contributed by atoms with Crippen LogP contribution in [0.2, 0.25) is 0 Å². The van der Waals surface area contributed by atoms with Crippen LogP contribution >= 0.6 is 12.2 Å². The summed E-state index contributed by atoms with van der Waals surface area (Å²) in [5, 5.41) is 8.77. The zero-order valence-corrected chi connectivity index (χ0v) is 7.61. The van der Waals surface area contributed by atoms with E-state index in [4.69, 9.17) is 17.3 Å². The van der Waals surface area contributed by atoms with Gasteiger partial charge in [-0.05, 0) is 24.4 Å². The van der Waals surface area contributed by atoms with Crippen LogP contribution in [0.3, 0.4) is 0 Å². The van der Waals surface area contributed by atoms with E-state index >= 15 is 0 Å². The van der Waals surface area contributed by atoms with Gasteiger partial charge in [-0.25, -0.2) is 9.18 Å². The lowest BCUT2D eigenvalue weighted by Crippen LogP contribution is -2.01. The van der Waals surface area contributed by atoms with E-state index in [1.54, 1.807) is 0 Å². The summed E-state index contributed by atoms with van der Waals surface area (Å²) in [4.78, 5) is 16.0. The second-order valence-corrected chi connectivity index (χ2v) is 3.14. The number of benzene rings is 1. The molecule has 0 fully saturated rings. The van der Waals surface area contributed by atoms with E-state index in [2.05, 4.69) is 9.97 Å². The summed E-state index contributed by atoms with van der Waals surface area (Å²) in [6.45, 7) is 0. The summed E-state index contributed by atoms with van der Waals surface area (Å²) in [5.41, 5.74) is 0.270. The first-order chi connectivity index (χ1) is 6.59. The number of imidazole rings is 1. The van der Waals surface area contributed by atoms with E-state index in [1.165, 1.54) is 6.07 Å². The van der Waals surface area contributed by atoms with E-state index < -0.39 is 17.3 Å². The van der Waals surface area contributed by atoms with Crippen molar-refractivity contribution in [2.45, 2.75) is 0 Å². The van der Waals surface area contributed by atoms with Crippen LogP contribution in [-0.4, -0.2) is 21.0 Å². The highest BCUT2D eigenvalue weighted by Gasteiger charge is 2.15. The molecule has 0 atom stereocenters.